The number of nitrogens with one attached hydrogen (secondary N) is 1. The number of aromatic nitrogens is 2. The highest BCUT2D eigenvalue weighted by molar-refractivity contribution is 5.59. The van der Waals surface area contributed by atoms with Crippen LogP contribution in [0.3, 0.4) is 0 Å². The third-order valence-electron chi connectivity index (χ3n) is 3.13. The van der Waals surface area contributed by atoms with E-state index in [0.29, 0.717) is 11.7 Å². The van der Waals surface area contributed by atoms with Crippen molar-refractivity contribution in [3.63, 3.8) is 0 Å². The molecule has 0 fully saturated rings. The minimum absolute atomic E-state index is 0.373. The number of hydrogen-bond donors (Lipinski definition) is 2. The van der Waals surface area contributed by atoms with E-state index in [4.69, 9.17) is 5.73 Å². The minimum atomic E-state index is 0.373. The maximum Gasteiger partial charge on any atom is 0.152 e. The zero-order valence-corrected chi connectivity index (χ0v) is 11.7. The summed E-state index contributed by atoms with van der Waals surface area (Å²) in [7, 11) is 0. The number of hydrogen-bond acceptors (Lipinski definition) is 5. The molecule has 0 saturated heterocycles. The van der Waals surface area contributed by atoms with Crippen LogP contribution < -0.4 is 11.1 Å². The number of nitrogen functional groups attached to an aromatic ring is 1. The molecule has 0 aliphatic rings. The lowest BCUT2D eigenvalue weighted by atomic mass is 10.1. The average molecular weight is 251 g/mol. The van der Waals surface area contributed by atoms with Crippen LogP contribution in [0.25, 0.3) is 0 Å². The lowest BCUT2D eigenvalue weighted by Gasteiger charge is -2.20. The van der Waals surface area contributed by atoms with Gasteiger partial charge in [-0.15, -0.1) is 0 Å². The summed E-state index contributed by atoms with van der Waals surface area (Å²) >= 11 is 0. The van der Waals surface area contributed by atoms with Gasteiger partial charge in [-0.2, -0.15) is 0 Å². The Morgan fingerprint density at radius 2 is 2.11 bits per heavy atom. The molecule has 0 amide bonds. The van der Waals surface area contributed by atoms with Gasteiger partial charge < -0.3 is 16.0 Å². The van der Waals surface area contributed by atoms with E-state index in [0.717, 1.165) is 31.9 Å². The zero-order valence-electron chi connectivity index (χ0n) is 11.7. The van der Waals surface area contributed by atoms with Crippen molar-refractivity contribution in [1.82, 2.24) is 14.9 Å². The molecule has 1 aromatic rings. The highest BCUT2D eigenvalue weighted by Crippen LogP contribution is 2.14. The van der Waals surface area contributed by atoms with E-state index in [1.54, 1.807) is 6.20 Å². The van der Waals surface area contributed by atoms with Crippen molar-refractivity contribution >= 4 is 11.5 Å². The van der Waals surface area contributed by atoms with Crippen LogP contribution in [0, 0.1) is 0 Å². The first kappa shape index (κ1) is 14.7. The van der Waals surface area contributed by atoms with Gasteiger partial charge in [0.1, 0.15) is 6.33 Å². The van der Waals surface area contributed by atoms with Crippen molar-refractivity contribution in [2.24, 2.45) is 0 Å². The van der Waals surface area contributed by atoms with Gasteiger partial charge in [-0.1, -0.05) is 13.8 Å². The predicted octanol–water partition coefficient (Wildman–Crippen LogP) is 1.98. The summed E-state index contributed by atoms with van der Waals surface area (Å²) in [5, 5.41) is 3.33. The lowest BCUT2D eigenvalue weighted by molar-refractivity contribution is 0.295. The summed E-state index contributed by atoms with van der Waals surface area (Å²) in [4.78, 5) is 10.4. The highest BCUT2D eigenvalue weighted by Gasteiger charge is 2.06. The summed E-state index contributed by atoms with van der Waals surface area (Å²) in [6.07, 6.45) is 5.43. The second kappa shape index (κ2) is 7.87. The van der Waals surface area contributed by atoms with Crippen molar-refractivity contribution in [2.75, 3.05) is 30.7 Å². The Bertz CT molecular complexity index is 338. The molecular formula is C13H25N5. The molecule has 1 aromatic heterocycles. The van der Waals surface area contributed by atoms with Crippen LogP contribution in [0.2, 0.25) is 0 Å². The first-order valence-corrected chi connectivity index (χ1v) is 6.71. The van der Waals surface area contributed by atoms with Crippen LogP contribution in [-0.4, -0.2) is 40.5 Å². The van der Waals surface area contributed by atoms with Crippen LogP contribution in [0.1, 0.15) is 33.6 Å². The van der Waals surface area contributed by atoms with E-state index in [2.05, 4.69) is 41.0 Å². The Balaban J connectivity index is 2.30. The molecule has 1 atom stereocenters. The first-order valence-electron chi connectivity index (χ1n) is 6.71. The molecule has 3 N–H and O–H groups in total. The largest absolute Gasteiger partial charge is 0.394 e. The number of nitrogens with zero attached hydrogens (tertiary/aromatic N) is 3. The molecule has 0 aromatic carbocycles. The standard InChI is InChI=1S/C13H25N5/c1-4-18(5-2)8-6-7-11(3)17-13-12(14)9-15-10-16-13/h9-11H,4-8,14H2,1-3H3,(H,15,16,17). The summed E-state index contributed by atoms with van der Waals surface area (Å²) < 4.78 is 0. The molecule has 0 saturated carbocycles. The van der Waals surface area contributed by atoms with E-state index in [1.165, 1.54) is 12.7 Å². The van der Waals surface area contributed by atoms with Gasteiger partial charge in [0, 0.05) is 6.04 Å². The topological polar surface area (TPSA) is 67.1 Å². The van der Waals surface area contributed by atoms with Crippen molar-refractivity contribution in [3.8, 4) is 0 Å². The molecule has 0 radical (unpaired) electrons. The maximum absolute atomic E-state index is 5.79. The van der Waals surface area contributed by atoms with Crippen molar-refractivity contribution in [2.45, 2.75) is 39.7 Å². The quantitative estimate of drug-likeness (QED) is 0.739. The molecule has 0 aliphatic heterocycles. The van der Waals surface area contributed by atoms with Gasteiger partial charge in [0.2, 0.25) is 0 Å². The number of anilines is 2. The molecule has 5 heteroatoms. The van der Waals surface area contributed by atoms with Gasteiger partial charge in [0.05, 0.1) is 11.9 Å². The normalized spacial score (nSPS) is 12.7. The SMILES string of the molecule is CCN(CC)CCCC(C)Nc1ncncc1N. The fraction of sp³-hybridized carbons (Fsp3) is 0.692. The van der Waals surface area contributed by atoms with Crippen LogP contribution in [-0.2, 0) is 0 Å². The van der Waals surface area contributed by atoms with Crippen LogP contribution in [0.5, 0.6) is 0 Å². The van der Waals surface area contributed by atoms with E-state index in [1.807, 2.05) is 0 Å². The molecule has 18 heavy (non-hydrogen) atoms. The maximum atomic E-state index is 5.79. The Labute approximate surface area is 110 Å². The number of rotatable bonds is 8. The molecule has 102 valence electrons. The van der Waals surface area contributed by atoms with Crippen molar-refractivity contribution < 1.29 is 0 Å². The van der Waals surface area contributed by atoms with Gasteiger partial charge >= 0.3 is 0 Å². The summed E-state index contributed by atoms with van der Waals surface area (Å²) in [5.41, 5.74) is 6.40. The average Bonchev–Trinajstić information content (AvgIpc) is 2.37. The molecule has 1 rings (SSSR count). The monoisotopic (exact) mass is 251 g/mol. The molecule has 0 bridgehead atoms. The van der Waals surface area contributed by atoms with Gasteiger partial charge in [-0.3, -0.25) is 0 Å². The minimum Gasteiger partial charge on any atom is -0.394 e. The highest BCUT2D eigenvalue weighted by atomic mass is 15.1. The van der Waals surface area contributed by atoms with Gasteiger partial charge in [-0.25, -0.2) is 9.97 Å². The van der Waals surface area contributed by atoms with E-state index in [-0.39, 0.29) is 0 Å². The third kappa shape index (κ3) is 4.87. The smallest absolute Gasteiger partial charge is 0.152 e. The zero-order chi connectivity index (χ0) is 13.4. The number of nitrogens with two attached hydrogens (primary N) is 1. The van der Waals surface area contributed by atoms with Crippen molar-refractivity contribution in [3.05, 3.63) is 12.5 Å². The Hall–Kier alpha value is -1.36. The van der Waals surface area contributed by atoms with Crippen molar-refractivity contribution in [1.29, 1.82) is 0 Å². The lowest BCUT2D eigenvalue weighted by Crippen LogP contribution is -2.26. The first-order chi connectivity index (χ1) is 8.67. The van der Waals surface area contributed by atoms with E-state index >= 15 is 0 Å². The second-order valence-electron chi connectivity index (χ2n) is 4.54. The third-order valence-corrected chi connectivity index (χ3v) is 3.13. The van der Waals surface area contributed by atoms with E-state index < -0.39 is 0 Å². The Morgan fingerprint density at radius 1 is 1.39 bits per heavy atom. The van der Waals surface area contributed by atoms with Gasteiger partial charge in [0.25, 0.3) is 0 Å². The molecular weight excluding hydrogens is 226 g/mol. The van der Waals surface area contributed by atoms with Crippen LogP contribution in [0.4, 0.5) is 11.5 Å². The molecule has 0 aliphatic carbocycles. The molecule has 1 heterocycles. The fourth-order valence-corrected chi connectivity index (χ4v) is 1.93. The summed E-state index contributed by atoms with van der Waals surface area (Å²) in [6.45, 7) is 9.95. The summed E-state index contributed by atoms with van der Waals surface area (Å²) in [5.74, 6) is 0.736. The Morgan fingerprint density at radius 3 is 2.72 bits per heavy atom. The molecule has 5 nitrogen and oxygen atoms in total. The summed E-state index contributed by atoms with van der Waals surface area (Å²) in [6, 6.07) is 0.373. The van der Waals surface area contributed by atoms with E-state index in [9.17, 15) is 0 Å². The van der Waals surface area contributed by atoms with Crippen LogP contribution in [0.15, 0.2) is 12.5 Å². The molecule has 1 unspecified atom stereocenters. The fourth-order valence-electron chi connectivity index (χ4n) is 1.93. The van der Waals surface area contributed by atoms with Gasteiger partial charge in [0.15, 0.2) is 5.82 Å². The Kier molecular flexibility index (Phi) is 6.43. The predicted molar refractivity (Wildman–Crippen MR) is 76.6 cm³/mol. The second-order valence-corrected chi connectivity index (χ2v) is 4.54. The van der Waals surface area contributed by atoms with Gasteiger partial charge in [-0.05, 0) is 39.4 Å². The van der Waals surface area contributed by atoms with Crippen LogP contribution >= 0.6 is 0 Å². The molecule has 0 spiro atoms.